The van der Waals surface area contributed by atoms with Gasteiger partial charge in [-0.3, -0.25) is 4.79 Å². The van der Waals surface area contributed by atoms with Crippen molar-refractivity contribution in [1.82, 2.24) is 34.5 Å². The van der Waals surface area contributed by atoms with Gasteiger partial charge in [-0.25, -0.2) is 22.4 Å². The van der Waals surface area contributed by atoms with E-state index >= 15 is 4.39 Å². The largest absolute Gasteiger partial charge is 0.479 e. The van der Waals surface area contributed by atoms with Gasteiger partial charge in [0.2, 0.25) is 17.7 Å². The number of hydrogen-bond donors (Lipinski definition) is 1. The fraction of sp³-hybridized carbons (Fsp3) is 0.409. The molecule has 1 aliphatic heterocycles. The molecule has 4 aromatic rings. The molecule has 202 valence electrons. The maximum Gasteiger partial charge on any atom is 0.408 e. The quantitative estimate of drug-likeness (QED) is 0.381. The highest BCUT2D eigenvalue weighted by atomic mass is 19.4. The molecule has 0 aliphatic carbocycles. The zero-order valence-corrected chi connectivity index (χ0v) is 18.9. The van der Waals surface area contributed by atoms with Gasteiger partial charge >= 0.3 is 6.18 Å². The number of likely N-dealkylation sites (tertiary alicyclic amines) is 1. The lowest BCUT2D eigenvalue weighted by Crippen LogP contribution is -2.55. The van der Waals surface area contributed by atoms with Gasteiger partial charge in [0.15, 0.2) is 5.82 Å². The highest BCUT2D eigenvalue weighted by molar-refractivity contribution is 5.89. The zero-order chi connectivity index (χ0) is 32.4. The molecule has 1 aliphatic rings. The number of nitrogens with one attached hydrogen (secondary N) is 1. The van der Waals surface area contributed by atoms with Gasteiger partial charge in [-0.05, 0) is 24.1 Å². The average molecular weight is 548 g/mol. The molecule has 0 unspecified atom stereocenters. The van der Waals surface area contributed by atoms with Crippen LogP contribution in [-0.2, 0) is 11.3 Å². The standard InChI is InChI=1S/C22H20F6N8O2/c1-11(37)34-6-5-16(21(24,25)9-34)29-20-30-19(38-2)18-17(13(23)8-35(18)32-20)12-3-4-14-15(7-12)36(33-31-14)10-22(26,27)28/h3-4,7-8,16H,5-6,9-10H2,1-2H3,(H,29,32)/t16-/m1/s1/i1D3,2D3. The molecule has 0 bridgehead atoms. The molecule has 0 radical (unpaired) electrons. The summed E-state index contributed by atoms with van der Waals surface area (Å²) in [4.78, 5) is 16.4. The Labute approximate surface area is 218 Å². The van der Waals surface area contributed by atoms with Crippen LogP contribution in [0.2, 0.25) is 0 Å². The number of amides is 1. The molecule has 1 atom stereocenters. The molecule has 0 saturated carbocycles. The van der Waals surface area contributed by atoms with Crippen molar-refractivity contribution in [2.75, 3.05) is 25.4 Å². The van der Waals surface area contributed by atoms with E-state index in [1.54, 1.807) is 0 Å². The predicted octanol–water partition coefficient (Wildman–Crippen LogP) is 3.52. The van der Waals surface area contributed by atoms with Crippen molar-refractivity contribution in [3.8, 4) is 17.0 Å². The Morgan fingerprint density at radius 3 is 2.87 bits per heavy atom. The Kier molecular flexibility index (Phi) is 4.52. The number of methoxy groups -OCH3 is 1. The molecule has 1 aromatic carbocycles. The lowest BCUT2D eigenvalue weighted by Gasteiger charge is -2.38. The van der Waals surface area contributed by atoms with Gasteiger partial charge in [-0.15, -0.1) is 10.2 Å². The summed E-state index contributed by atoms with van der Waals surface area (Å²) in [6.45, 7) is -6.23. The first-order chi connectivity index (χ1) is 20.2. The van der Waals surface area contributed by atoms with E-state index in [-0.39, 0.29) is 34.2 Å². The predicted molar refractivity (Wildman–Crippen MR) is 121 cm³/mol. The molecule has 10 nitrogen and oxygen atoms in total. The van der Waals surface area contributed by atoms with Gasteiger partial charge in [-0.2, -0.15) is 18.2 Å². The first-order valence-electron chi connectivity index (χ1n) is 13.8. The van der Waals surface area contributed by atoms with Crippen molar-refractivity contribution in [2.45, 2.75) is 38.0 Å². The van der Waals surface area contributed by atoms with E-state index < -0.39 is 75.1 Å². The third-order valence-corrected chi connectivity index (χ3v) is 5.97. The average Bonchev–Trinajstić information content (AvgIpc) is 3.41. The van der Waals surface area contributed by atoms with Crippen LogP contribution in [0.5, 0.6) is 5.88 Å². The van der Waals surface area contributed by atoms with E-state index in [0.29, 0.717) is 9.58 Å². The summed E-state index contributed by atoms with van der Waals surface area (Å²) in [6.07, 6.45) is -4.35. The van der Waals surface area contributed by atoms with E-state index in [1.165, 1.54) is 12.1 Å². The summed E-state index contributed by atoms with van der Waals surface area (Å²) < 4.78 is 135. The molecular formula is C22H20F6N8O2. The van der Waals surface area contributed by atoms with Crippen molar-refractivity contribution in [3.05, 3.63) is 30.2 Å². The number of piperidine rings is 1. The highest BCUT2D eigenvalue weighted by Crippen LogP contribution is 2.36. The third-order valence-electron chi connectivity index (χ3n) is 5.97. The van der Waals surface area contributed by atoms with E-state index in [4.69, 9.17) is 13.0 Å². The van der Waals surface area contributed by atoms with Crippen molar-refractivity contribution in [3.63, 3.8) is 0 Å². The van der Waals surface area contributed by atoms with Crippen LogP contribution >= 0.6 is 0 Å². The van der Waals surface area contributed by atoms with Gasteiger partial charge in [0.05, 0.1) is 41.0 Å². The maximum atomic E-state index is 15.4. The molecule has 1 fully saturated rings. The second-order valence-electron chi connectivity index (χ2n) is 8.53. The second kappa shape index (κ2) is 9.02. The number of carbonyl (C=O) groups excluding carboxylic acids is 1. The van der Waals surface area contributed by atoms with Gasteiger partial charge in [0, 0.05) is 17.5 Å². The number of carbonyl (C=O) groups is 1. The van der Waals surface area contributed by atoms with Crippen LogP contribution in [0.25, 0.3) is 27.7 Å². The highest BCUT2D eigenvalue weighted by Gasteiger charge is 2.46. The smallest absolute Gasteiger partial charge is 0.408 e. The van der Waals surface area contributed by atoms with Crippen LogP contribution < -0.4 is 10.1 Å². The number of anilines is 1. The van der Waals surface area contributed by atoms with E-state index in [1.807, 2.05) is 0 Å². The van der Waals surface area contributed by atoms with Crippen LogP contribution in [-0.4, -0.2) is 78.7 Å². The monoisotopic (exact) mass is 548 g/mol. The lowest BCUT2D eigenvalue weighted by atomic mass is 10.0. The number of rotatable bonds is 5. The SMILES string of the molecule is [2H]C([2H])([2H])Oc1nc(N[C@@H]2CCN(C(=O)C([2H])([2H])[2H])CC2(F)F)nn2cc(F)c(-c3ccc4nnn(CC(F)(F)F)c4c3)c12. The van der Waals surface area contributed by atoms with Gasteiger partial charge < -0.3 is 15.0 Å². The molecule has 16 heteroatoms. The number of aromatic nitrogens is 6. The molecule has 38 heavy (non-hydrogen) atoms. The van der Waals surface area contributed by atoms with Crippen molar-refractivity contribution < 1.29 is 44.1 Å². The van der Waals surface area contributed by atoms with Gasteiger partial charge in [0.1, 0.15) is 17.6 Å². The number of benzene rings is 1. The number of ether oxygens (including phenoxy) is 1. The second-order valence-corrected chi connectivity index (χ2v) is 8.53. The third kappa shape index (κ3) is 4.65. The number of nitrogens with zero attached hydrogens (tertiary/aromatic N) is 7. The number of alkyl halides is 5. The molecule has 5 rings (SSSR count). The van der Waals surface area contributed by atoms with E-state index in [0.717, 1.165) is 16.8 Å². The molecule has 3 aromatic heterocycles. The van der Waals surface area contributed by atoms with E-state index in [2.05, 4.69) is 25.7 Å². The van der Waals surface area contributed by atoms with Crippen molar-refractivity contribution in [1.29, 1.82) is 0 Å². The minimum Gasteiger partial charge on any atom is -0.479 e. The first kappa shape index (κ1) is 19.0. The fourth-order valence-corrected chi connectivity index (χ4v) is 4.28. The molecule has 0 spiro atoms. The first-order valence-corrected chi connectivity index (χ1v) is 10.8. The summed E-state index contributed by atoms with van der Waals surface area (Å²) in [6, 6.07) is 1.93. The zero-order valence-electron chi connectivity index (χ0n) is 24.9. The maximum absolute atomic E-state index is 15.4. The summed E-state index contributed by atoms with van der Waals surface area (Å²) >= 11 is 0. The Morgan fingerprint density at radius 1 is 1.34 bits per heavy atom. The summed E-state index contributed by atoms with van der Waals surface area (Å²) in [5.74, 6) is -7.59. The van der Waals surface area contributed by atoms with Crippen LogP contribution in [0.4, 0.5) is 32.3 Å². The lowest BCUT2D eigenvalue weighted by molar-refractivity contribution is -0.142. The molecule has 4 heterocycles. The Morgan fingerprint density at radius 2 is 2.16 bits per heavy atom. The summed E-state index contributed by atoms with van der Waals surface area (Å²) in [5.41, 5.74) is -0.888. The molecule has 1 saturated heterocycles. The minimum absolute atomic E-state index is 0.0520. The van der Waals surface area contributed by atoms with E-state index in [9.17, 15) is 26.7 Å². The van der Waals surface area contributed by atoms with Gasteiger partial charge in [-0.1, -0.05) is 11.3 Å². The number of fused-ring (bicyclic) bond motifs is 2. The number of halogens is 6. The molecular weight excluding hydrogens is 522 g/mol. The molecule has 1 amide bonds. The van der Waals surface area contributed by atoms with Crippen LogP contribution in [0, 0.1) is 5.82 Å². The molecule has 1 N–H and O–H groups in total. The van der Waals surface area contributed by atoms with Crippen molar-refractivity contribution >= 4 is 28.4 Å². The summed E-state index contributed by atoms with van der Waals surface area (Å²) in [7, 11) is -3.17. The summed E-state index contributed by atoms with van der Waals surface area (Å²) in [5, 5.41) is 13.4. The van der Waals surface area contributed by atoms with Crippen LogP contribution in [0.15, 0.2) is 24.4 Å². The van der Waals surface area contributed by atoms with Crippen LogP contribution in [0.1, 0.15) is 21.5 Å². The number of hydrogen-bond acceptors (Lipinski definition) is 7. The van der Waals surface area contributed by atoms with Crippen LogP contribution in [0.3, 0.4) is 0 Å². The normalized spacial score (nSPS) is 20.8. The van der Waals surface area contributed by atoms with Crippen molar-refractivity contribution in [2.24, 2.45) is 0 Å². The minimum atomic E-state index is -4.65. The Balaban J connectivity index is 1.54. The Hall–Kier alpha value is -4.11. The fourth-order valence-electron chi connectivity index (χ4n) is 4.28. The Bertz CT molecular complexity index is 1740. The van der Waals surface area contributed by atoms with Gasteiger partial charge in [0.25, 0.3) is 5.92 Å². The topological polar surface area (TPSA) is 102 Å².